The van der Waals surface area contributed by atoms with E-state index in [0.29, 0.717) is 11.3 Å². The molecule has 1 aliphatic rings. The lowest BCUT2D eigenvalue weighted by atomic mass is 10.0. The van der Waals surface area contributed by atoms with Crippen LogP contribution in [0.25, 0.3) is 10.9 Å². The lowest BCUT2D eigenvalue weighted by molar-refractivity contribution is -0.117. The van der Waals surface area contributed by atoms with Gasteiger partial charge in [0.25, 0.3) is 5.91 Å². The van der Waals surface area contributed by atoms with Gasteiger partial charge in [-0.25, -0.2) is 0 Å². The van der Waals surface area contributed by atoms with Crippen LogP contribution in [0.3, 0.4) is 0 Å². The van der Waals surface area contributed by atoms with Crippen molar-refractivity contribution >= 4 is 34.1 Å². The van der Waals surface area contributed by atoms with Gasteiger partial charge in [-0.2, -0.15) is 0 Å². The monoisotopic (exact) mass is 362 g/mol. The molecule has 6 heteroatoms. The van der Waals surface area contributed by atoms with Gasteiger partial charge in [0.1, 0.15) is 12.7 Å². The molecule has 0 fully saturated rings. The first-order valence-electron chi connectivity index (χ1n) is 9.06. The summed E-state index contributed by atoms with van der Waals surface area (Å²) in [6.45, 7) is 4.06. The molecule has 6 nitrogen and oxygen atoms in total. The average Bonchev–Trinajstić information content (AvgIpc) is 3.11. The Balaban J connectivity index is 1.54. The van der Waals surface area contributed by atoms with Crippen molar-refractivity contribution in [1.82, 2.24) is 9.88 Å². The molecule has 0 spiro atoms. The number of carbonyl (C=O) groups excluding carboxylic acids is 2. The van der Waals surface area contributed by atoms with Gasteiger partial charge in [-0.3, -0.25) is 9.59 Å². The summed E-state index contributed by atoms with van der Waals surface area (Å²) in [5.74, 6) is -0.185. The van der Waals surface area contributed by atoms with E-state index in [4.69, 9.17) is 0 Å². The van der Waals surface area contributed by atoms with Gasteiger partial charge >= 0.3 is 0 Å². The Hall–Kier alpha value is -3.28. The third-order valence-electron chi connectivity index (χ3n) is 4.84. The SMILES string of the molecule is CC(C)[C@H]1Nc2ccccc2C(=O)N1CC(=O)Nc1ccc2[nH]ccc2c1. The van der Waals surface area contributed by atoms with Gasteiger partial charge in [0.2, 0.25) is 5.91 Å². The number of rotatable bonds is 4. The van der Waals surface area contributed by atoms with Crippen LogP contribution in [0, 0.1) is 5.92 Å². The van der Waals surface area contributed by atoms with E-state index in [1.54, 1.807) is 11.0 Å². The first-order chi connectivity index (χ1) is 13.0. The van der Waals surface area contributed by atoms with E-state index < -0.39 is 0 Å². The van der Waals surface area contributed by atoms with Gasteiger partial charge in [-0.05, 0) is 42.3 Å². The molecule has 2 heterocycles. The van der Waals surface area contributed by atoms with Crippen molar-refractivity contribution in [1.29, 1.82) is 0 Å². The molecule has 2 aromatic carbocycles. The molecule has 2 amide bonds. The highest BCUT2D eigenvalue weighted by atomic mass is 16.2. The van der Waals surface area contributed by atoms with Gasteiger partial charge in [-0.1, -0.05) is 26.0 Å². The number of amides is 2. The second kappa shape index (κ2) is 6.79. The topological polar surface area (TPSA) is 77.2 Å². The zero-order valence-corrected chi connectivity index (χ0v) is 15.3. The van der Waals surface area contributed by atoms with E-state index in [1.165, 1.54) is 0 Å². The van der Waals surface area contributed by atoms with Crippen molar-refractivity contribution in [2.24, 2.45) is 5.92 Å². The Kier molecular flexibility index (Phi) is 4.32. The lowest BCUT2D eigenvalue weighted by Crippen LogP contribution is -2.53. The van der Waals surface area contributed by atoms with Gasteiger partial charge < -0.3 is 20.5 Å². The van der Waals surface area contributed by atoms with E-state index in [2.05, 4.69) is 15.6 Å². The van der Waals surface area contributed by atoms with Crippen LogP contribution in [0.4, 0.5) is 11.4 Å². The number of H-pyrrole nitrogens is 1. The van der Waals surface area contributed by atoms with Gasteiger partial charge in [0, 0.05) is 28.5 Å². The third-order valence-corrected chi connectivity index (χ3v) is 4.84. The van der Waals surface area contributed by atoms with Crippen molar-refractivity contribution in [2.45, 2.75) is 20.0 Å². The van der Waals surface area contributed by atoms with Crippen molar-refractivity contribution in [3.63, 3.8) is 0 Å². The number of fused-ring (bicyclic) bond motifs is 2. The predicted molar refractivity (Wildman–Crippen MR) is 107 cm³/mol. The normalized spacial score (nSPS) is 16.3. The first kappa shape index (κ1) is 17.1. The molecule has 0 saturated heterocycles. The van der Waals surface area contributed by atoms with Crippen LogP contribution in [-0.4, -0.2) is 34.4 Å². The zero-order chi connectivity index (χ0) is 19.0. The number of hydrogen-bond acceptors (Lipinski definition) is 3. The van der Waals surface area contributed by atoms with Crippen LogP contribution in [0.15, 0.2) is 54.7 Å². The predicted octanol–water partition coefficient (Wildman–Crippen LogP) is 3.66. The van der Waals surface area contributed by atoms with E-state index >= 15 is 0 Å². The highest BCUT2D eigenvalue weighted by molar-refractivity contribution is 6.04. The summed E-state index contributed by atoms with van der Waals surface area (Å²) in [5.41, 5.74) is 3.14. The van der Waals surface area contributed by atoms with Crippen LogP contribution in [-0.2, 0) is 4.79 Å². The number of carbonyl (C=O) groups is 2. The maximum atomic E-state index is 13.0. The molecule has 3 aromatic rings. The van der Waals surface area contributed by atoms with Gasteiger partial charge in [0.05, 0.1) is 5.56 Å². The Morgan fingerprint density at radius 1 is 1.19 bits per heavy atom. The molecule has 0 aliphatic carbocycles. The van der Waals surface area contributed by atoms with Crippen LogP contribution in [0.1, 0.15) is 24.2 Å². The van der Waals surface area contributed by atoms with Gasteiger partial charge in [-0.15, -0.1) is 0 Å². The number of para-hydroxylation sites is 1. The summed E-state index contributed by atoms with van der Waals surface area (Å²) in [6.07, 6.45) is 1.63. The molecule has 3 N–H and O–H groups in total. The molecule has 138 valence electrons. The summed E-state index contributed by atoms with van der Waals surface area (Å²) >= 11 is 0. The number of nitrogens with one attached hydrogen (secondary N) is 3. The molecule has 0 bridgehead atoms. The molecule has 0 saturated carbocycles. The Bertz CT molecular complexity index is 1010. The van der Waals surface area contributed by atoms with Gasteiger partial charge in [0.15, 0.2) is 0 Å². The number of anilines is 2. The maximum absolute atomic E-state index is 13.0. The number of aromatic amines is 1. The first-order valence-corrected chi connectivity index (χ1v) is 9.06. The van der Waals surface area contributed by atoms with E-state index in [1.807, 2.05) is 62.5 Å². The summed E-state index contributed by atoms with van der Waals surface area (Å²) in [5, 5.41) is 7.31. The maximum Gasteiger partial charge on any atom is 0.258 e. The Morgan fingerprint density at radius 2 is 2.00 bits per heavy atom. The fourth-order valence-electron chi connectivity index (χ4n) is 3.50. The average molecular weight is 362 g/mol. The Morgan fingerprint density at radius 3 is 2.81 bits per heavy atom. The second-order valence-corrected chi connectivity index (χ2v) is 7.14. The fourth-order valence-corrected chi connectivity index (χ4v) is 3.50. The van der Waals surface area contributed by atoms with Crippen molar-refractivity contribution in [2.75, 3.05) is 17.2 Å². The Labute approximate surface area is 157 Å². The lowest BCUT2D eigenvalue weighted by Gasteiger charge is -2.39. The van der Waals surface area contributed by atoms with Crippen LogP contribution < -0.4 is 10.6 Å². The number of hydrogen-bond donors (Lipinski definition) is 3. The number of aromatic nitrogens is 1. The standard InChI is InChI=1S/C21H22N4O2/c1-13(2)20-24-18-6-4-3-5-16(18)21(27)25(20)12-19(26)23-15-7-8-17-14(11-15)9-10-22-17/h3-11,13,20,22,24H,12H2,1-2H3,(H,23,26)/t20-/m0/s1. The molecule has 1 atom stereocenters. The molecular weight excluding hydrogens is 340 g/mol. The molecule has 0 unspecified atom stereocenters. The molecular formula is C21H22N4O2. The molecule has 4 rings (SSSR count). The molecule has 0 radical (unpaired) electrons. The van der Waals surface area contributed by atoms with E-state index in [-0.39, 0.29) is 30.4 Å². The molecule has 1 aliphatic heterocycles. The van der Waals surface area contributed by atoms with Crippen LogP contribution in [0.5, 0.6) is 0 Å². The van der Waals surface area contributed by atoms with Crippen molar-refractivity contribution < 1.29 is 9.59 Å². The summed E-state index contributed by atoms with van der Waals surface area (Å²) in [6, 6.07) is 15.0. The van der Waals surface area contributed by atoms with E-state index in [9.17, 15) is 9.59 Å². The van der Waals surface area contributed by atoms with Crippen molar-refractivity contribution in [3.8, 4) is 0 Å². The van der Waals surface area contributed by atoms with E-state index in [0.717, 1.165) is 16.6 Å². The zero-order valence-electron chi connectivity index (χ0n) is 15.3. The summed E-state index contributed by atoms with van der Waals surface area (Å²) in [7, 11) is 0. The highest BCUT2D eigenvalue weighted by Crippen LogP contribution is 2.28. The summed E-state index contributed by atoms with van der Waals surface area (Å²) < 4.78 is 0. The van der Waals surface area contributed by atoms with Crippen molar-refractivity contribution in [3.05, 3.63) is 60.3 Å². The highest BCUT2D eigenvalue weighted by Gasteiger charge is 2.34. The second-order valence-electron chi connectivity index (χ2n) is 7.14. The minimum atomic E-state index is -0.231. The molecule has 27 heavy (non-hydrogen) atoms. The number of nitrogens with zero attached hydrogens (tertiary/aromatic N) is 1. The minimum Gasteiger partial charge on any atom is -0.364 e. The minimum absolute atomic E-state index is 0.00577. The quantitative estimate of drug-likeness (QED) is 0.663. The van der Waals surface area contributed by atoms with Crippen LogP contribution in [0.2, 0.25) is 0 Å². The number of benzene rings is 2. The fraction of sp³-hybridized carbons (Fsp3) is 0.238. The smallest absolute Gasteiger partial charge is 0.258 e. The largest absolute Gasteiger partial charge is 0.364 e. The summed E-state index contributed by atoms with van der Waals surface area (Å²) in [4.78, 5) is 30.3. The third kappa shape index (κ3) is 3.26. The molecule has 1 aromatic heterocycles. The van der Waals surface area contributed by atoms with Crippen LogP contribution >= 0.6 is 0 Å².